The Balaban J connectivity index is 2.21. The summed E-state index contributed by atoms with van der Waals surface area (Å²) in [6, 6.07) is 15.6. The standard InChI is InChI=1S/C17H22BNO2/c1-14-4-6-15(7-5-14)18(21-13-12-19(2)3)16-8-10-17(20)11-9-16/h4-11,20H,12-13H2,1-3H3. The zero-order valence-electron chi connectivity index (χ0n) is 12.9. The fourth-order valence-electron chi connectivity index (χ4n) is 2.13. The van der Waals surface area contributed by atoms with Gasteiger partial charge in [0.15, 0.2) is 0 Å². The highest BCUT2D eigenvalue weighted by Gasteiger charge is 2.21. The first-order valence-corrected chi connectivity index (χ1v) is 7.18. The SMILES string of the molecule is Cc1ccc(B(OCCN(C)C)c2ccc(O)cc2)cc1. The van der Waals surface area contributed by atoms with Crippen LogP contribution in [-0.2, 0) is 4.65 Å². The molecule has 0 spiro atoms. The third kappa shape index (κ3) is 4.62. The summed E-state index contributed by atoms with van der Waals surface area (Å²) in [5, 5.41) is 9.45. The molecule has 0 aliphatic carbocycles. The van der Waals surface area contributed by atoms with Gasteiger partial charge >= 0.3 is 6.92 Å². The topological polar surface area (TPSA) is 32.7 Å². The molecule has 0 heterocycles. The van der Waals surface area contributed by atoms with Gasteiger partial charge in [-0.2, -0.15) is 0 Å². The van der Waals surface area contributed by atoms with Gasteiger partial charge in [-0.15, -0.1) is 0 Å². The van der Waals surface area contributed by atoms with Crippen molar-refractivity contribution in [3.63, 3.8) is 0 Å². The van der Waals surface area contributed by atoms with Crippen LogP contribution in [0.2, 0.25) is 0 Å². The van der Waals surface area contributed by atoms with Crippen molar-refractivity contribution < 1.29 is 9.76 Å². The zero-order valence-corrected chi connectivity index (χ0v) is 12.9. The van der Waals surface area contributed by atoms with Gasteiger partial charge in [-0.05, 0) is 44.1 Å². The quantitative estimate of drug-likeness (QED) is 0.813. The monoisotopic (exact) mass is 283 g/mol. The summed E-state index contributed by atoms with van der Waals surface area (Å²) < 4.78 is 6.08. The van der Waals surface area contributed by atoms with E-state index in [4.69, 9.17) is 4.65 Å². The van der Waals surface area contributed by atoms with Crippen LogP contribution in [0.3, 0.4) is 0 Å². The number of nitrogens with zero attached hydrogens (tertiary/aromatic N) is 1. The second-order valence-electron chi connectivity index (χ2n) is 5.56. The molecule has 0 aromatic heterocycles. The van der Waals surface area contributed by atoms with Crippen molar-refractivity contribution in [2.75, 3.05) is 27.2 Å². The largest absolute Gasteiger partial charge is 0.508 e. The van der Waals surface area contributed by atoms with E-state index >= 15 is 0 Å². The highest BCUT2D eigenvalue weighted by atomic mass is 16.4. The van der Waals surface area contributed by atoms with Crippen LogP contribution >= 0.6 is 0 Å². The third-order valence-electron chi connectivity index (χ3n) is 3.40. The minimum absolute atomic E-state index is 0.105. The Kier molecular flexibility index (Phi) is 5.42. The van der Waals surface area contributed by atoms with Gasteiger partial charge in [-0.3, -0.25) is 0 Å². The van der Waals surface area contributed by atoms with E-state index in [1.807, 2.05) is 26.2 Å². The summed E-state index contributed by atoms with van der Waals surface area (Å²) in [5.74, 6) is 0.273. The molecule has 2 aromatic carbocycles. The van der Waals surface area contributed by atoms with Gasteiger partial charge in [-0.1, -0.05) is 42.0 Å². The van der Waals surface area contributed by atoms with Crippen LogP contribution in [0.4, 0.5) is 0 Å². The maximum absolute atomic E-state index is 9.45. The minimum Gasteiger partial charge on any atom is -0.508 e. The number of aryl methyl sites for hydroxylation is 1. The highest BCUT2D eigenvalue weighted by Crippen LogP contribution is 2.05. The van der Waals surface area contributed by atoms with Crippen molar-refractivity contribution in [2.45, 2.75) is 6.92 Å². The van der Waals surface area contributed by atoms with Crippen molar-refractivity contribution in [3.8, 4) is 5.75 Å². The first-order valence-electron chi connectivity index (χ1n) is 7.18. The van der Waals surface area contributed by atoms with Gasteiger partial charge in [0.05, 0.1) is 0 Å². The molecule has 3 nitrogen and oxygen atoms in total. The lowest BCUT2D eigenvalue weighted by atomic mass is 9.55. The van der Waals surface area contributed by atoms with Gasteiger partial charge < -0.3 is 14.7 Å². The molecule has 21 heavy (non-hydrogen) atoms. The van der Waals surface area contributed by atoms with Crippen molar-refractivity contribution >= 4 is 17.8 Å². The summed E-state index contributed by atoms with van der Waals surface area (Å²) in [5.41, 5.74) is 3.41. The predicted octanol–water partition coefficient (Wildman–Crippen LogP) is 1.38. The number of benzene rings is 2. The van der Waals surface area contributed by atoms with E-state index in [1.165, 1.54) is 5.56 Å². The lowest BCUT2D eigenvalue weighted by molar-refractivity contribution is 0.269. The average molecular weight is 283 g/mol. The van der Waals surface area contributed by atoms with Crippen molar-refractivity contribution in [1.82, 2.24) is 4.90 Å². The summed E-state index contributed by atoms with van der Waals surface area (Å²) in [7, 11) is 4.07. The Morgan fingerprint density at radius 2 is 1.48 bits per heavy atom. The Hall–Kier alpha value is -1.78. The van der Waals surface area contributed by atoms with Crippen LogP contribution in [0.1, 0.15) is 5.56 Å². The second kappa shape index (κ2) is 7.30. The summed E-state index contributed by atoms with van der Waals surface area (Å²) in [6.45, 7) is 3.50. The molecule has 1 N–H and O–H groups in total. The van der Waals surface area contributed by atoms with Gasteiger partial charge in [0.1, 0.15) is 5.75 Å². The van der Waals surface area contributed by atoms with Crippen LogP contribution in [0.25, 0.3) is 0 Å². The lowest BCUT2D eigenvalue weighted by Gasteiger charge is -2.17. The van der Waals surface area contributed by atoms with E-state index < -0.39 is 0 Å². The van der Waals surface area contributed by atoms with E-state index in [1.54, 1.807) is 12.1 Å². The van der Waals surface area contributed by atoms with E-state index in [2.05, 4.69) is 36.1 Å². The van der Waals surface area contributed by atoms with Gasteiger partial charge in [0.25, 0.3) is 0 Å². The molecule has 0 amide bonds. The Bertz CT molecular complexity index is 507. The molecule has 0 atom stereocenters. The molecule has 0 unspecified atom stereocenters. The van der Waals surface area contributed by atoms with E-state index in [9.17, 15) is 5.11 Å². The van der Waals surface area contributed by atoms with E-state index in [0.29, 0.717) is 6.61 Å². The van der Waals surface area contributed by atoms with Crippen LogP contribution in [0, 0.1) is 6.92 Å². The van der Waals surface area contributed by atoms with Crippen LogP contribution in [-0.4, -0.2) is 44.2 Å². The maximum Gasteiger partial charge on any atom is 0.361 e. The minimum atomic E-state index is -0.105. The zero-order chi connectivity index (χ0) is 15.2. The number of aromatic hydroxyl groups is 1. The first kappa shape index (κ1) is 15.6. The van der Waals surface area contributed by atoms with Gasteiger partial charge in [-0.25, -0.2) is 0 Å². The van der Waals surface area contributed by atoms with Crippen LogP contribution in [0.15, 0.2) is 48.5 Å². The molecular formula is C17H22BNO2. The first-order chi connectivity index (χ1) is 10.1. The summed E-state index contributed by atoms with van der Waals surface area (Å²) in [4.78, 5) is 2.10. The lowest BCUT2D eigenvalue weighted by Crippen LogP contribution is -2.46. The Morgan fingerprint density at radius 3 is 2.00 bits per heavy atom. The molecular weight excluding hydrogens is 261 g/mol. The van der Waals surface area contributed by atoms with E-state index in [0.717, 1.165) is 17.5 Å². The average Bonchev–Trinajstić information content (AvgIpc) is 2.46. The Labute approximate surface area is 127 Å². The molecule has 2 rings (SSSR count). The van der Waals surface area contributed by atoms with Gasteiger partial charge in [0, 0.05) is 13.2 Å². The number of hydrogen-bond donors (Lipinski definition) is 1. The van der Waals surface area contributed by atoms with Crippen LogP contribution < -0.4 is 10.9 Å². The number of rotatable bonds is 6. The number of likely N-dealkylation sites (N-methyl/N-ethyl adjacent to an activating group) is 1. The molecule has 0 aliphatic rings. The molecule has 2 aromatic rings. The summed E-state index contributed by atoms with van der Waals surface area (Å²) in [6.07, 6.45) is 0. The highest BCUT2D eigenvalue weighted by molar-refractivity contribution is 6.80. The normalized spacial score (nSPS) is 10.9. The van der Waals surface area contributed by atoms with Crippen molar-refractivity contribution in [3.05, 3.63) is 54.1 Å². The smallest absolute Gasteiger partial charge is 0.361 e. The van der Waals surface area contributed by atoms with Gasteiger partial charge in [0.2, 0.25) is 0 Å². The fourth-order valence-corrected chi connectivity index (χ4v) is 2.13. The predicted molar refractivity (Wildman–Crippen MR) is 88.8 cm³/mol. The third-order valence-corrected chi connectivity index (χ3v) is 3.40. The number of hydrogen-bond acceptors (Lipinski definition) is 3. The molecule has 0 bridgehead atoms. The second-order valence-corrected chi connectivity index (χ2v) is 5.56. The fraction of sp³-hybridized carbons (Fsp3) is 0.294. The molecule has 0 radical (unpaired) electrons. The molecule has 0 saturated heterocycles. The Morgan fingerprint density at radius 1 is 0.952 bits per heavy atom. The number of phenolic OH excluding ortho intramolecular Hbond substituents is 1. The van der Waals surface area contributed by atoms with Crippen molar-refractivity contribution in [1.29, 1.82) is 0 Å². The van der Waals surface area contributed by atoms with Crippen LogP contribution in [0.5, 0.6) is 5.75 Å². The molecule has 0 fully saturated rings. The molecule has 4 heteroatoms. The van der Waals surface area contributed by atoms with E-state index in [-0.39, 0.29) is 12.7 Å². The molecule has 110 valence electrons. The summed E-state index contributed by atoms with van der Waals surface area (Å²) >= 11 is 0. The molecule has 0 saturated carbocycles. The maximum atomic E-state index is 9.45. The molecule has 0 aliphatic heterocycles. The number of phenols is 1. The van der Waals surface area contributed by atoms with Crippen molar-refractivity contribution in [2.24, 2.45) is 0 Å².